The number of nitrogens with zero attached hydrogens (tertiary/aromatic N) is 3. The lowest BCUT2D eigenvalue weighted by Crippen LogP contribution is -2.44. The van der Waals surface area contributed by atoms with Crippen molar-refractivity contribution in [2.75, 3.05) is 44.7 Å². The zero-order chi connectivity index (χ0) is 19.6. The standard InChI is InChI=1S/C20H27FN4O2/c1-4-8-23(3)20(27)15-13-24(5-2)17-12-18(25-9-6-22-7-10-25)16(21)11-14(17)19(15)26/h11-13,22H,4-10H2,1-3H3. The Bertz CT molecular complexity index is 903. The van der Waals surface area contributed by atoms with E-state index in [9.17, 15) is 14.0 Å². The molecule has 6 nitrogen and oxygen atoms in total. The fourth-order valence-electron chi connectivity index (χ4n) is 3.60. The Morgan fingerprint density at radius 3 is 2.59 bits per heavy atom. The van der Waals surface area contributed by atoms with Gasteiger partial charge < -0.3 is 19.7 Å². The van der Waals surface area contributed by atoms with E-state index >= 15 is 0 Å². The molecule has 0 bridgehead atoms. The second kappa shape index (κ2) is 8.08. The largest absolute Gasteiger partial charge is 0.367 e. The van der Waals surface area contributed by atoms with Gasteiger partial charge in [-0.3, -0.25) is 9.59 Å². The van der Waals surface area contributed by atoms with Crippen molar-refractivity contribution in [3.63, 3.8) is 0 Å². The Balaban J connectivity index is 2.14. The third-order valence-corrected chi connectivity index (χ3v) is 5.08. The predicted octanol–water partition coefficient (Wildman–Crippen LogP) is 2.05. The molecule has 1 fully saturated rings. The first-order valence-electron chi connectivity index (χ1n) is 9.55. The summed E-state index contributed by atoms with van der Waals surface area (Å²) in [6.45, 7) is 8.11. The molecule has 0 spiro atoms. The lowest BCUT2D eigenvalue weighted by atomic mass is 10.1. The number of fused-ring (bicyclic) bond motifs is 1. The molecule has 1 aliphatic rings. The summed E-state index contributed by atoms with van der Waals surface area (Å²) in [7, 11) is 1.68. The number of amides is 1. The third-order valence-electron chi connectivity index (χ3n) is 5.08. The van der Waals surface area contributed by atoms with Crippen LogP contribution in [0.1, 0.15) is 30.6 Å². The summed E-state index contributed by atoms with van der Waals surface area (Å²) in [6, 6.07) is 3.03. The highest BCUT2D eigenvalue weighted by molar-refractivity contribution is 5.97. The van der Waals surface area contributed by atoms with E-state index in [1.54, 1.807) is 19.3 Å². The highest BCUT2D eigenvalue weighted by atomic mass is 19.1. The molecule has 27 heavy (non-hydrogen) atoms. The van der Waals surface area contributed by atoms with Crippen molar-refractivity contribution in [2.24, 2.45) is 0 Å². The zero-order valence-electron chi connectivity index (χ0n) is 16.2. The van der Waals surface area contributed by atoms with Crippen molar-refractivity contribution in [3.05, 3.63) is 39.9 Å². The van der Waals surface area contributed by atoms with Gasteiger partial charge in [0.15, 0.2) is 0 Å². The molecular formula is C20H27FN4O2. The van der Waals surface area contributed by atoms with Crippen molar-refractivity contribution in [3.8, 4) is 0 Å². The number of hydrogen-bond donors (Lipinski definition) is 1. The first-order chi connectivity index (χ1) is 13.0. The first kappa shape index (κ1) is 19.4. The van der Waals surface area contributed by atoms with Gasteiger partial charge in [-0.1, -0.05) is 6.92 Å². The summed E-state index contributed by atoms with van der Waals surface area (Å²) in [5.41, 5.74) is 0.850. The average Bonchev–Trinajstić information content (AvgIpc) is 2.68. The number of carbonyl (C=O) groups is 1. The number of aryl methyl sites for hydroxylation is 1. The van der Waals surface area contributed by atoms with Gasteiger partial charge >= 0.3 is 0 Å². The monoisotopic (exact) mass is 374 g/mol. The summed E-state index contributed by atoms with van der Waals surface area (Å²) < 4.78 is 16.7. The maximum Gasteiger partial charge on any atom is 0.259 e. The number of anilines is 1. The number of hydrogen-bond acceptors (Lipinski definition) is 4. The van der Waals surface area contributed by atoms with E-state index in [4.69, 9.17) is 0 Å². The van der Waals surface area contributed by atoms with Gasteiger partial charge in [0.25, 0.3) is 5.91 Å². The molecule has 1 N–H and O–H groups in total. The molecule has 2 heterocycles. The number of benzene rings is 1. The fourth-order valence-corrected chi connectivity index (χ4v) is 3.60. The minimum atomic E-state index is -0.421. The Kier molecular flexibility index (Phi) is 5.79. The summed E-state index contributed by atoms with van der Waals surface area (Å²) in [5, 5.41) is 3.51. The minimum absolute atomic E-state index is 0.0922. The molecule has 2 aromatic rings. The Morgan fingerprint density at radius 1 is 1.26 bits per heavy atom. The van der Waals surface area contributed by atoms with Crippen LogP contribution in [-0.4, -0.2) is 55.1 Å². The first-order valence-corrected chi connectivity index (χ1v) is 9.55. The van der Waals surface area contributed by atoms with E-state index in [0.717, 1.165) is 32.6 Å². The number of pyridine rings is 1. The highest BCUT2D eigenvalue weighted by Gasteiger charge is 2.21. The number of halogens is 1. The van der Waals surface area contributed by atoms with E-state index in [2.05, 4.69) is 5.32 Å². The van der Waals surface area contributed by atoms with Gasteiger partial charge in [0.2, 0.25) is 5.43 Å². The molecule has 146 valence electrons. The van der Waals surface area contributed by atoms with Crippen LogP contribution in [0.5, 0.6) is 0 Å². The molecule has 7 heteroatoms. The van der Waals surface area contributed by atoms with Crippen molar-refractivity contribution >= 4 is 22.5 Å². The summed E-state index contributed by atoms with van der Waals surface area (Å²) in [6.07, 6.45) is 2.42. The maximum absolute atomic E-state index is 14.8. The lowest BCUT2D eigenvalue weighted by molar-refractivity contribution is 0.0793. The second-order valence-corrected chi connectivity index (χ2v) is 6.94. The molecular weight excluding hydrogens is 347 g/mol. The van der Waals surface area contributed by atoms with E-state index in [-0.39, 0.29) is 16.9 Å². The van der Waals surface area contributed by atoms with E-state index in [1.807, 2.05) is 23.3 Å². The lowest BCUT2D eigenvalue weighted by Gasteiger charge is -2.30. The van der Waals surface area contributed by atoms with Crippen molar-refractivity contribution in [1.29, 1.82) is 0 Å². The quantitative estimate of drug-likeness (QED) is 0.870. The Hall–Kier alpha value is -2.41. The van der Waals surface area contributed by atoms with Gasteiger partial charge in [-0.15, -0.1) is 0 Å². The molecule has 1 saturated heterocycles. The van der Waals surface area contributed by atoms with Crippen LogP contribution in [-0.2, 0) is 6.54 Å². The van der Waals surface area contributed by atoms with Crippen molar-refractivity contribution in [1.82, 2.24) is 14.8 Å². The van der Waals surface area contributed by atoms with Gasteiger partial charge in [0.05, 0.1) is 11.2 Å². The number of nitrogens with one attached hydrogen (secondary N) is 1. The number of rotatable bonds is 5. The fraction of sp³-hybridized carbons (Fsp3) is 0.500. The molecule has 1 aromatic carbocycles. The van der Waals surface area contributed by atoms with Gasteiger partial charge in [-0.25, -0.2) is 4.39 Å². The van der Waals surface area contributed by atoms with Crippen LogP contribution < -0.4 is 15.6 Å². The summed E-state index contributed by atoms with van der Waals surface area (Å²) >= 11 is 0. The normalized spacial score (nSPS) is 14.6. The molecule has 1 amide bonds. The zero-order valence-corrected chi connectivity index (χ0v) is 16.2. The molecule has 1 aromatic heterocycles. The van der Waals surface area contributed by atoms with Gasteiger partial charge in [0, 0.05) is 57.9 Å². The molecule has 0 saturated carbocycles. The van der Waals surface area contributed by atoms with Gasteiger partial charge in [-0.2, -0.15) is 0 Å². The van der Waals surface area contributed by atoms with Crippen LogP contribution in [0.3, 0.4) is 0 Å². The van der Waals surface area contributed by atoms with Crippen LogP contribution in [0.2, 0.25) is 0 Å². The Labute approximate surface area is 158 Å². The Morgan fingerprint density at radius 2 is 1.96 bits per heavy atom. The molecule has 0 radical (unpaired) electrons. The minimum Gasteiger partial charge on any atom is -0.367 e. The van der Waals surface area contributed by atoms with Gasteiger partial charge in [0.1, 0.15) is 11.4 Å². The third kappa shape index (κ3) is 3.69. The number of piperazine rings is 1. The van der Waals surface area contributed by atoms with E-state index in [1.165, 1.54) is 11.0 Å². The average molecular weight is 374 g/mol. The van der Waals surface area contributed by atoms with Crippen LogP contribution >= 0.6 is 0 Å². The molecule has 1 aliphatic heterocycles. The van der Waals surface area contributed by atoms with Crippen LogP contribution in [0, 0.1) is 5.82 Å². The summed E-state index contributed by atoms with van der Waals surface area (Å²) in [5.74, 6) is -0.742. The number of aromatic nitrogens is 1. The smallest absolute Gasteiger partial charge is 0.259 e. The van der Waals surface area contributed by atoms with Crippen LogP contribution in [0.25, 0.3) is 10.9 Å². The summed E-state index contributed by atoms with van der Waals surface area (Å²) in [4.78, 5) is 29.1. The molecule has 0 atom stereocenters. The van der Waals surface area contributed by atoms with E-state index in [0.29, 0.717) is 24.3 Å². The van der Waals surface area contributed by atoms with E-state index < -0.39 is 11.2 Å². The maximum atomic E-state index is 14.8. The van der Waals surface area contributed by atoms with Crippen molar-refractivity contribution in [2.45, 2.75) is 26.8 Å². The highest BCUT2D eigenvalue weighted by Crippen LogP contribution is 2.25. The molecule has 3 rings (SSSR count). The SMILES string of the molecule is CCCN(C)C(=O)c1cn(CC)c2cc(N3CCNCC3)c(F)cc2c1=O. The van der Waals surface area contributed by atoms with Crippen LogP contribution in [0.4, 0.5) is 10.1 Å². The molecule has 0 aliphatic carbocycles. The number of carbonyl (C=O) groups excluding carboxylic acids is 1. The molecule has 0 unspecified atom stereocenters. The van der Waals surface area contributed by atoms with Gasteiger partial charge in [-0.05, 0) is 25.5 Å². The predicted molar refractivity (Wildman–Crippen MR) is 106 cm³/mol. The van der Waals surface area contributed by atoms with Crippen molar-refractivity contribution < 1.29 is 9.18 Å². The topological polar surface area (TPSA) is 57.6 Å². The second-order valence-electron chi connectivity index (χ2n) is 6.94. The van der Waals surface area contributed by atoms with Crippen LogP contribution in [0.15, 0.2) is 23.1 Å².